The first-order chi connectivity index (χ1) is 14.0. The number of nitrogens with one attached hydrogen (secondary N) is 2. The van der Waals surface area contributed by atoms with E-state index in [-0.39, 0.29) is 5.82 Å². The van der Waals surface area contributed by atoms with E-state index in [4.69, 9.17) is 0 Å². The first-order valence-electron chi connectivity index (χ1n) is 9.90. The van der Waals surface area contributed by atoms with Gasteiger partial charge in [0, 0.05) is 30.4 Å². The van der Waals surface area contributed by atoms with Gasteiger partial charge in [-0.3, -0.25) is 4.98 Å². The lowest BCUT2D eigenvalue weighted by Gasteiger charge is -2.19. The largest absolute Gasteiger partial charge is 0.593 e. The summed E-state index contributed by atoms with van der Waals surface area (Å²) in [6.07, 6.45) is 6.48. The Bertz CT molecular complexity index is 896. The monoisotopic (exact) mass is 416 g/mol. The molecule has 2 heterocycles. The summed E-state index contributed by atoms with van der Waals surface area (Å²) in [4.78, 5) is 18.8. The van der Waals surface area contributed by atoms with Crippen LogP contribution in [-0.2, 0) is 24.2 Å². The van der Waals surface area contributed by atoms with Crippen LogP contribution < -0.4 is 10.0 Å². The number of benzene rings is 1. The minimum atomic E-state index is -1.46. The summed E-state index contributed by atoms with van der Waals surface area (Å²) in [6.45, 7) is 1.89. The Morgan fingerprint density at radius 1 is 1.34 bits per heavy atom. The quantitative estimate of drug-likeness (QED) is 0.734. The summed E-state index contributed by atoms with van der Waals surface area (Å²) in [5, 5.41) is 2.86. The van der Waals surface area contributed by atoms with Crippen molar-refractivity contribution >= 4 is 23.1 Å². The van der Waals surface area contributed by atoms with Crippen molar-refractivity contribution in [2.75, 3.05) is 31.2 Å². The van der Waals surface area contributed by atoms with Crippen molar-refractivity contribution in [1.29, 1.82) is 0 Å². The molecule has 1 saturated heterocycles. The van der Waals surface area contributed by atoms with Crippen molar-refractivity contribution in [1.82, 2.24) is 14.6 Å². The average molecular weight is 417 g/mol. The summed E-state index contributed by atoms with van der Waals surface area (Å²) < 4.78 is 29.6. The molecule has 154 valence electrons. The van der Waals surface area contributed by atoms with Gasteiger partial charge >= 0.3 is 6.03 Å². The van der Waals surface area contributed by atoms with Crippen LogP contribution in [0.5, 0.6) is 0 Å². The summed E-state index contributed by atoms with van der Waals surface area (Å²) in [6, 6.07) is 4.52. The molecule has 2 amide bonds. The molecule has 0 bridgehead atoms. The number of carbonyl (C=O) groups is 1. The highest BCUT2D eigenvalue weighted by molar-refractivity contribution is 7.90. The number of halogens is 1. The van der Waals surface area contributed by atoms with E-state index in [1.807, 2.05) is 7.05 Å². The van der Waals surface area contributed by atoms with E-state index in [1.54, 1.807) is 24.5 Å². The van der Waals surface area contributed by atoms with Crippen LogP contribution in [0.4, 0.5) is 14.9 Å². The third-order valence-electron chi connectivity index (χ3n) is 5.66. The minimum absolute atomic E-state index is 0.246. The van der Waals surface area contributed by atoms with Crippen molar-refractivity contribution in [2.45, 2.75) is 25.7 Å². The van der Waals surface area contributed by atoms with E-state index in [2.05, 4.69) is 19.9 Å². The van der Waals surface area contributed by atoms with Crippen LogP contribution >= 0.6 is 0 Å². The number of nitrogens with zero attached hydrogens (tertiary/aromatic N) is 2. The lowest BCUT2D eigenvalue weighted by Crippen LogP contribution is -2.38. The summed E-state index contributed by atoms with van der Waals surface area (Å²) in [5.74, 6) is 0.518. The van der Waals surface area contributed by atoms with Gasteiger partial charge < -0.3 is 14.8 Å². The minimum Gasteiger partial charge on any atom is -0.593 e. The zero-order chi connectivity index (χ0) is 20.4. The molecule has 2 atom stereocenters. The molecule has 6 nitrogen and oxygen atoms in total. The maximum Gasteiger partial charge on any atom is 0.360 e. The molecule has 0 radical (unpaired) electrons. The van der Waals surface area contributed by atoms with Crippen LogP contribution in [0, 0.1) is 11.7 Å². The van der Waals surface area contributed by atoms with Crippen molar-refractivity contribution in [3.8, 4) is 11.1 Å². The SMILES string of the molecule is CN1CCC(C[S+]([O-])NC(=O)Nc2c(-c3ccncc3)cc(F)c3c2CCC3)C1. The summed E-state index contributed by atoms with van der Waals surface area (Å²) in [7, 11) is 2.04. The predicted octanol–water partition coefficient (Wildman–Crippen LogP) is 3.11. The number of urea groups is 1. The van der Waals surface area contributed by atoms with E-state index in [1.165, 1.54) is 6.07 Å². The highest BCUT2D eigenvalue weighted by Crippen LogP contribution is 2.39. The fourth-order valence-corrected chi connectivity index (χ4v) is 5.34. The second-order valence-corrected chi connectivity index (χ2v) is 9.04. The Kier molecular flexibility index (Phi) is 6.03. The third kappa shape index (κ3) is 4.55. The van der Waals surface area contributed by atoms with Gasteiger partial charge in [-0.05, 0) is 74.2 Å². The number of hydrogen-bond donors (Lipinski definition) is 2. The molecule has 1 fully saturated rings. The average Bonchev–Trinajstić information content (AvgIpc) is 3.34. The van der Waals surface area contributed by atoms with Gasteiger partial charge in [0.1, 0.15) is 11.6 Å². The van der Waals surface area contributed by atoms with Gasteiger partial charge in [0.05, 0.1) is 17.0 Å². The van der Waals surface area contributed by atoms with Gasteiger partial charge in [-0.15, -0.1) is 0 Å². The van der Waals surface area contributed by atoms with Crippen LogP contribution in [0.3, 0.4) is 0 Å². The van der Waals surface area contributed by atoms with E-state index in [0.717, 1.165) is 37.1 Å². The number of rotatable bonds is 5. The molecule has 4 rings (SSSR count). The number of amides is 2. The van der Waals surface area contributed by atoms with E-state index in [9.17, 15) is 13.7 Å². The first-order valence-corrected chi connectivity index (χ1v) is 11.2. The highest BCUT2D eigenvalue weighted by atomic mass is 32.2. The Hall–Kier alpha value is -2.16. The molecule has 2 aliphatic rings. The number of aromatic nitrogens is 1. The van der Waals surface area contributed by atoms with Crippen molar-refractivity contribution < 1.29 is 13.7 Å². The molecule has 2 aromatic rings. The molecule has 1 aliphatic heterocycles. The van der Waals surface area contributed by atoms with Gasteiger partial charge in [-0.25, -0.2) is 9.18 Å². The van der Waals surface area contributed by atoms with Crippen LogP contribution in [-0.4, -0.2) is 46.4 Å². The Morgan fingerprint density at radius 2 is 2.10 bits per heavy atom. The lowest BCUT2D eigenvalue weighted by atomic mass is 9.97. The molecule has 1 aromatic heterocycles. The molecule has 2 N–H and O–H groups in total. The molecular weight excluding hydrogens is 391 g/mol. The van der Waals surface area contributed by atoms with Crippen molar-refractivity contribution in [3.63, 3.8) is 0 Å². The fourth-order valence-electron chi connectivity index (χ4n) is 4.29. The van der Waals surface area contributed by atoms with Crippen LogP contribution in [0.15, 0.2) is 30.6 Å². The van der Waals surface area contributed by atoms with Gasteiger partial charge in [0.25, 0.3) is 0 Å². The van der Waals surface area contributed by atoms with E-state index in [0.29, 0.717) is 41.3 Å². The van der Waals surface area contributed by atoms with Crippen molar-refractivity contribution in [3.05, 3.63) is 47.5 Å². The second kappa shape index (κ2) is 8.69. The zero-order valence-corrected chi connectivity index (χ0v) is 17.2. The normalized spacial score (nSPS) is 19.8. The number of fused-ring (bicyclic) bond motifs is 1. The molecule has 1 aromatic carbocycles. The summed E-state index contributed by atoms with van der Waals surface area (Å²) >= 11 is -1.46. The van der Waals surface area contributed by atoms with Crippen molar-refractivity contribution in [2.24, 2.45) is 5.92 Å². The smallest absolute Gasteiger partial charge is 0.360 e. The van der Waals surface area contributed by atoms with Gasteiger partial charge in [-0.1, -0.05) is 0 Å². The fraction of sp³-hybridized carbons (Fsp3) is 0.429. The maximum atomic E-state index is 14.6. The van der Waals surface area contributed by atoms with E-state index >= 15 is 0 Å². The number of pyridine rings is 1. The third-order valence-corrected chi connectivity index (χ3v) is 6.85. The number of carbonyl (C=O) groups excluding carboxylic acids is 1. The maximum absolute atomic E-state index is 14.6. The standard InChI is InChI=1S/C21H25FN4O2S/c1-26-10-7-14(12-26)13-29(28)25-21(27)24-20-17-4-2-3-16(17)19(22)11-18(20)15-5-8-23-9-6-15/h5-6,8-9,11,14H,2-4,7,10,12-13H2,1H3,(H2,24,25,27). The number of likely N-dealkylation sites (tertiary alicyclic amines) is 1. The number of anilines is 1. The molecule has 2 unspecified atom stereocenters. The second-order valence-electron chi connectivity index (χ2n) is 7.81. The van der Waals surface area contributed by atoms with E-state index < -0.39 is 17.4 Å². The highest BCUT2D eigenvalue weighted by Gasteiger charge is 2.27. The number of hydrogen-bond acceptors (Lipinski definition) is 4. The van der Waals surface area contributed by atoms with Crippen LogP contribution in [0.1, 0.15) is 24.0 Å². The molecule has 8 heteroatoms. The molecule has 0 saturated carbocycles. The topological polar surface area (TPSA) is 80.3 Å². The molecular formula is C21H25FN4O2S. The Balaban J connectivity index is 1.53. The Morgan fingerprint density at radius 3 is 2.83 bits per heavy atom. The van der Waals surface area contributed by atoms with Crippen LogP contribution in [0.2, 0.25) is 0 Å². The molecule has 0 spiro atoms. The lowest BCUT2D eigenvalue weighted by molar-refractivity contribution is 0.256. The predicted molar refractivity (Wildman–Crippen MR) is 112 cm³/mol. The van der Waals surface area contributed by atoms with Crippen LogP contribution in [0.25, 0.3) is 11.1 Å². The molecule has 29 heavy (non-hydrogen) atoms. The first kappa shape index (κ1) is 20.1. The summed E-state index contributed by atoms with van der Waals surface area (Å²) in [5.41, 5.74) is 3.48. The Labute approximate surface area is 173 Å². The van der Waals surface area contributed by atoms with Gasteiger partial charge in [0.2, 0.25) is 0 Å². The zero-order valence-electron chi connectivity index (χ0n) is 16.4. The van der Waals surface area contributed by atoms with Gasteiger partial charge in [-0.2, -0.15) is 4.72 Å². The molecule has 1 aliphatic carbocycles. The van der Waals surface area contributed by atoms with Gasteiger partial charge in [0.15, 0.2) is 0 Å².